The summed E-state index contributed by atoms with van der Waals surface area (Å²) in [5, 5.41) is 2.64. The molecule has 0 fully saturated rings. The van der Waals surface area contributed by atoms with Crippen molar-refractivity contribution < 1.29 is 23.9 Å². The Kier molecular flexibility index (Phi) is 9.27. The van der Waals surface area contributed by atoms with Gasteiger partial charge in [0.1, 0.15) is 11.6 Å². The Bertz CT molecular complexity index is 588. The van der Waals surface area contributed by atoms with Crippen molar-refractivity contribution in [2.45, 2.75) is 60.1 Å². The number of hydrogen-bond acceptors (Lipinski definition) is 5. The van der Waals surface area contributed by atoms with E-state index in [0.717, 1.165) is 0 Å². The third-order valence-corrected chi connectivity index (χ3v) is 3.82. The van der Waals surface area contributed by atoms with E-state index in [9.17, 15) is 14.4 Å². The Morgan fingerprint density at radius 3 is 2.19 bits per heavy atom. The molecule has 0 rings (SSSR count). The van der Waals surface area contributed by atoms with Crippen molar-refractivity contribution in [3.8, 4) is 0 Å². The van der Waals surface area contributed by atoms with Crippen molar-refractivity contribution in [1.82, 2.24) is 10.2 Å². The van der Waals surface area contributed by atoms with Crippen LogP contribution in [-0.4, -0.2) is 54.7 Å². The molecule has 0 bridgehead atoms. The molecular formula is C20H34N2O5. The second-order valence-corrected chi connectivity index (χ2v) is 7.93. The van der Waals surface area contributed by atoms with Gasteiger partial charge in [0.2, 0.25) is 5.91 Å². The van der Waals surface area contributed by atoms with Crippen molar-refractivity contribution in [2.75, 3.05) is 20.2 Å². The predicted molar refractivity (Wildman–Crippen MR) is 105 cm³/mol. The third kappa shape index (κ3) is 8.75. The standard InChI is InChI=1S/C20H34N2O5/c1-10-20(7,8)15(21-18(25)27-19(4,5)6)16(23)22(9)13-12-14(3)17(24)26-11-2/h10,12,15H,1,11,13H2,2-9H3,(H,21,25)/b14-12+. The van der Waals surface area contributed by atoms with Crippen LogP contribution < -0.4 is 5.32 Å². The van der Waals surface area contributed by atoms with E-state index in [1.807, 2.05) is 0 Å². The van der Waals surface area contributed by atoms with Gasteiger partial charge in [-0.2, -0.15) is 0 Å². The molecule has 0 aliphatic rings. The summed E-state index contributed by atoms with van der Waals surface area (Å²) >= 11 is 0. The summed E-state index contributed by atoms with van der Waals surface area (Å²) in [5.74, 6) is -0.744. The Balaban J connectivity index is 5.29. The smallest absolute Gasteiger partial charge is 0.408 e. The SMILES string of the molecule is C=CC(C)(C)C(NC(=O)OC(C)(C)C)C(=O)N(C)C/C=C(\C)C(=O)OCC. The molecule has 0 aliphatic heterocycles. The second kappa shape index (κ2) is 10.1. The molecule has 1 N–H and O–H groups in total. The van der Waals surface area contributed by atoms with Gasteiger partial charge >= 0.3 is 12.1 Å². The zero-order chi connectivity index (χ0) is 21.4. The van der Waals surface area contributed by atoms with Crippen LogP contribution in [0.15, 0.2) is 24.3 Å². The summed E-state index contributed by atoms with van der Waals surface area (Å²) < 4.78 is 10.2. The van der Waals surface area contributed by atoms with Crippen LogP contribution in [0.25, 0.3) is 0 Å². The van der Waals surface area contributed by atoms with E-state index in [0.29, 0.717) is 5.57 Å². The van der Waals surface area contributed by atoms with Gasteiger partial charge in [-0.15, -0.1) is 6.58 Å². The zero-order valence-electron chi connectivity index (χ0n) is 17.8. The van der Waals surface area contributed by atoms with Gasteiger partial charge in [0.15, 0.2) is 0 Å². The maximum Gasteiger partial charge on any atom is 0.408 e. The lowest BCUT2D eigenvalue weighted by Crippen LogP contribution is -2.55. The van der Waals surface area contributed by atoms with E-state index in [1.165, 1.54) is 4.90 Å². The average Bonchev–Trinajstić information content (AvgIpc) is 2.55. The van der Waals surface area contributed by atoms with Crippen molar-refractivity contribution in [3.63, 3.8) is 0 Å². The number of ether oxygens (including phenoxy) is 2. The third-order valence-electron chi connectivity index (χ3n) is 3.82. The number of carbonyl (C=O) groups is 3. The van der Waals surface area contributed by atoms with Crippen molar-refractivity contribution >= 4 is 18.0 Å². The number of nitrogens with zero attached hydrogens (tertiary/aromatic N) is 1. The molecule has 0 aromatic rings. The highest BCUT2D eigenvalue weighted by molar-refractivity contribution is 5.89. The van der Waals surface area contributed by atoms with Gasteiger partial charge < -0.3 is 19.7 Å². The molecule has 0 heterocycles. The number of hydrogen-bond donors (Lipinski definition) is 1. The van der Waals surface area contributed by atoms with Crippen LogP contribution in [0.4, 0.5) is 4.79 Å². The molecule has 0 spiro atoms. The second-order valence-electron chi connectivity index (χ2n) is 7.93. The quantitative estimate of drug-likeness (QED) is 0.396. The summed E-state index contributed by atoms with van der Waals surface area (Å²) in [6.07, 6.45) is 2.55. The number of amides is 2. The molecule has 7 heteroatoms. The molecule has 0 aliphatic carbocycles. The lowest BCUT2D eigenvalue weighted by molar-refractivity contribution is -0.138. The van der Waals surface area contributed by atoms with Gasteiger partial charge in [0.05, 0.1) is 6.61 Å². The molecule has 1 atom stereocenters. The Morgan fingerprint density at radius 2 is 1.74 bits per heavy atom. The van der Waals surface area contributed by atoms with E-state index >= 15 is 0 Å². The molecule has 1 unspecified atom stereocenters. The van der Waals surface area contributed by atoms with Gasteiger partial charge in [-0.1, -0.05) is 26.0 Å². The van der Waals surface area contributed by atoms with E-state index in [4.69, 9.17) is 9.47 Å². The minimum absolute atomic E-state index is 0.198. The fourth-order valence-corrected chi connectivity index (χ4v) is 2.02. The molecule has 0 aromatic carbocycles. The first-order valence-corrected chi connectivity index (χ1v) is 8.97. The normalized spacial score (nSPS) is 13.4. The molecule has 2 amide bonds. The highest BCUT2D eigenvalue weighted by atomic mass is 16.6. The molecule has 154 valence electrons. The number of alkyl carbamates (subject to hydrolysis) is 1. The lowest BCUT2D eigenvalue weighted by Gasteiger charge is -2.34. The zero-order valence-corrected chi connectivity index (χ0v) is 17.8. The monoisotopic (exact) mass is 382 g/mol. The minimum atomic E-state index is -0.869. The van der Waals surface area contributed by atoms with Gasteiger partial charge in [-0.3, -0.25) is 4.79 Å². The van der Waals surface area contributed by atoms with Crippen LogP contribution in [0.3, 0.4) is 0 Å². The fraction of sp³-hybridized carbons (Fsp3) is 0.650. The number of esters is 1. The highest BCUT2D eigenvalue weighted by Crippen LogP contribution is 2.24. The van der Waals surface area contributed by atoms with E-state index in [2.05, 4.69) is 11.9 Å². The number of likely N-dealkylation sites (N-methyl/N-ethyl adjacent to an activating group) is 1. The van der Waals surface area contributed by atoms with Gasteiger partial charge in [0, 0.05) is 24.6 Å². The number of rotatable bonds is 8. The van der Waals surface area contributed by atoms with Crippen molar-refractivity contribution in [1.29, 1.82) is 0 Å². The van der Waals surface area contributed by atoms with E-state index in [1.54, 1.807) is 67.7 Å². The molecule has 27 heavy (non-hydrogen) atoms. The largest absolute Gasteiger partial charge is 0.463 e. The summed E-state index contributed by atoms with van der Waals surface area (Å²) in [5.41, 5.74) is -0.972. The Labute approximate surface area is 162 Å². The summed E-state index contributed by atoms with van der Waals surface area (Å²) in [6.45, 7) is 16.4. The van der Waals surface area contributed by atoms with Crippen molar-refractivity contribution in [2.24, 2.45) is 5.41 Å². The fourth-order valence-electron chi connectivity index (χ4n) is 2.02. The van der Waals surface area contributed by atoms with Gasteiger partial charge in [-0.25, -0.2) is 9.59 Å². The Hall–Kier alpha value is -2.31. The maximum atomic E-state index is 12.9. The molecule has 0 aromatic heterocycles. The van der Waals surface area contributed by atoms with Crippen LogP contribution in [0, 0.1) is 5.41 Å². The van der Waals surface area contributed by atoms with Gasteiger partial charge in [-0.05, 0) is 34.6 Å². The summed E-state index contributed by atoms with van der Waals surface area (Å²) in [4.78, 5) is 38.2. The van der Waals surface area contributed by atoms with Crippen LogP contribution in [0.2, 0.25) is 0 Å². The first-order chi connectivity index (χ1) is 12.2. The first kappa shape index (κ1) is 24.7. The first-order valence-electron chi connectivity index (χ1n) is 8.97. The van der Waals surface area contributed by atoms with Crippen LogP contribution in [-0.2, 0) is 19.1 Å². The molecule has 0 saturated heterocycles. The molecular weight excluding hydrogens is 348 g/mol. The van der Waals surface area contributed by atoms with Crippen molar-refractivity contribution in [3.05, 3.63) is 24.3 Å². The molecule has 0 saturated carbocycles. The predicted octanol–water partition coefficient (Wildman–Crippen LogP) is 3.06. The Morgan fingerprint density at radius 1 is 1.19 bits per heavy atom. The van der Waals surface area contributed by atoms with Gasteiger partial charge in [0.25, 0.3) is 0 Å². The average molecular weight is 383 g/mol. The molecule has 0 radical (unpaired) electrons. The van der Waals surface area contributed by atoms with Crippen LogP contribution >= 0.6 is 0 Å². The topological polar surface area (TPSA) is 84.9 Å². The highest BCUT2D eigenvalue weighted by Gasteiger charge is 2.37. The minimum Gasteiger partial charge on any atom is -0.463 e. The number of carbonyl (C=O) groups excluding carboxylic acids is 3. The summed E-state index contributed by atoms with van der Waals surface area (Å²) in [7, 11) is 1.60. The lowest BCUT2D eigenvalue weighted by atomic mass is 9.83. The van der Waals surface area contributed by atoms with E-state index < -0.39 is 29.1 Å². The van der Waals surface area contributed by atoms with Crippen LogP contribution in [0.1, 0.15) is 48.5 Å². The number of nitrogens with one attached hydrogen (secondary N) is 1. The van der Waals surface area contributed by atoms with Crippen LogP contribution in [0.5, 0.6) is 0 Å². The summed E-state index contributed by atoms with van der Waals surface area (Å²) in [6, 6.07) is -0.869. The van der Waals surface area contributed by atoms with E-state index in [-0.39, 0.29) is 19.1 Å². The maximum absolute atomic E-state index is 12.9. The molecule has 7 nitrogen and oxygen atoms in total.